The normalized spacial score (nSPS) is 21.4. The molecule has 0 spiro atoms. The van der Waals surface area contributed by atoms with Crippen LogP contribution in [0.15, 0.2) is 0 Å². The summed E-state index contributed by atoms with van der Waals surface area (Å²) in [6.45, 7) is 8.31. The molecule has 0 saturated heterocycles. The second-order valence-corrected chi connectivity index (χ2v) is 6.22. The minimum absolute atomic E-state index is 0.584. The number of hydrogen-bond acceptors (Lipinski definition) is 1. The summed E-state index contributed by atoms with van der Waals surface area (Å²) in [4.78, 5) is 0. The summed E-state index contributed by atoms with van der Waals surface area (Å²) in [5.41, 5.74) is 0.584. The van der Waals surface area contributed by atoms with Crippen LogP contribution in [0.1, 0.15) is 85.0 Å². The minimum Gasteiger partial charge on any atom is -0.313 e. The third-order valence-electron chi connectivity index (χ3n) is 4.57. The van der Waals surface area contributed by atoms with Gasteiger partial charge in [-0.3, -0.25) is 0 Å². The van der Waals surface area contributed by atoms with E-state index in [9.17, 15) is 0 Å². The fourth-order valence-corrected chi connectivity index (χ4v) is 3.32. The van der Waals surface area contributed by atoms with E-state index in [1.54, 1.807) is 0 Å². The van der Waals surface area contributed by atoms with Crippen LogP contribution in [0.4, 0.5) is 0 Å². The number of unbranched alkanes of at least 4 members (excludes halogenated alkanes) is 2. The second kappa shape index (κ2) is 8.13. The fraction of sp³-hybridized carbons (Fsp3) is 1.00. The molecular weight excluding hydrogens is 206 g/mol. The molecule has 1 unspecified atom stereocenters. The van der Waals surface area contributed by atoms with Crippen LogP contribution in [0.25, 0.3) is 0 Å². The van der Waals surface area contributed by atoms with Crippen LogP contribution in [0.2, 0.25) is 0 Å². The Bertz CT molecular complexity index is 182. The maximum absolute atomic E-state index is 3.84. The Balaban J connectivity index is 2.46. The van der Waals surface area contributed by atoms with E-state index >= 15 is 0 Å². The zero-order chi connectivity index (χ0) is 12.6. The van der Waals surface area contributed by atoms with Crippen molar-refractivity contribution in [2.24, 2.45) is 5.41 Å². The molecule has 0 aromatic rings. The van der Waals surface area contributed by atoms with Crippen LogP contribution < -0.4 is 5.32 Å². The standard InChI is InChI=1S/C16H33N/c1-4-6-8-11-15(17-14-5-2)16(3)12-9-7-10-13-16/h15,17H,4-14H2,1-3H3. The predicted octanol–water partition coefficient (Wildman–Crippen LogP) is 4.91. The summed E-state index contributed by atoms with van der Waals surface area (Å²) < 4.78 is 0. The molecule has 1 rings (SSSR count). The summed E-state index contributed by atoms with van der Waals surface area (Å²) in [6.07, 6.45) is 14.1. The highest BCUT2D eigenvalue weighted by Crippen LogP contribution is 2.40. The van der Waals surface area contributed by atoms with Crippen LogP contribution in [0, 0.1) is 5.41 Å². The molecule has 0 aromatic carbocycles. The molecule has 1 N–H and O–H groups in total. The zero-order valence-electron chi connectivity index (χ0n) is 12.4. The van der Waals surface area contributed by atoms with Gasteiger partial charge >= 0.3 is 0 Å². The molecule has 1 nitrogen and oxygen atoms in total. The van der Waals surface area contributed by atoms with E-state index in [-0.39, 0.29) is 0 Å². The first kappa shape index (κ1) is 15.0. The van der Waals surface area contributed by atoms with Gasteiger partial charge in [-0.1, -0.05) is 59.3 Å². The molecule has 0 aromatic heterocycles. The summed E-state index contributed by atoms with van der Waals surface area (Å²) in [5.74, 6) is 0. The second-order valence-electron chi connectivity index (χ2n) is 6.22. The molecule has 0 aliphatic heterocycles. The Hall–Kier alpha value is -0.0400. The molecule has 102 valence electrons. The molecule has 1 aliphatic rings. The first-order chi connectivity index (χ1) is 8.23. The van der Waals surface area contributed by atoms with Crippen molar-refractivity contribution in [1.29, 1.82) is 0 Å². The van der Waals surface area contributed by atoms with Gasteiger partial charge in [0.15, 0.2) is 0 Å². The maximum atomic E-state index is 3.84. The van der Waals surface area contributed by atoms with Crippen LogP contribution in [0.5, 0.6) is 0 Å². The van der Waals surface area contributed by atoms with Gasteiger partial charge in [0, 0.05) is 6.04 Å². The van der Waals surface area contributed by atoms with E-state index in [2.05, 4.69) is 26.1 Å². The molecule has 1 atom stereocenters. The van der Waals surface area contributed by atoms with Gasteiger partial charge in [0.25, 0.3) is 0 Å². The largest absolute Gasteiger partial charge is 0.313 e. The molecule has 1 heteroatoms. The lowest BCUT2D eigenvalue weighted by atomic mass is 9.69. The van der Waals surface area contributed by atoms with Crippen LogP contribution >= 0.6 is 0 Å². The van der Waals surface area contributed by atoms with Crippen molar-refractivity contribution in [2.45, 2.75) is 91.0 Å². The SMILES string of the molecule is CCCCCC(NCCC)C1(C)CCCCC1. The van der Waals surface area contributed by atoms with Gasteiger partial charge in [0.1, 0.15) is 0 Å². The Kier molecular flexibility index (Phi) is 7.18. The lowest BCUT2D eigenvalue weighted by molar-refractivity contribution is 0.135. The molecule has 0 amide bonds. The van der Waals surface area contributed by atoms with Crippen molar-refractivity contribution in [2.75, 3.05) is 6.54 Å². The fourth-order valence-electron chi connectivity index (χ4n) is 3.32. The topological polar surface area (TPSA) is 12.0 Å². The molecule has 0 radical (unpaired) electrons. The van der Waals surface area contributed by atoms with Gasteiger partial charge < -0.3 is 5.32 Å². The van der Waals surface area contributed by atoms with Gasteiger partial charge in [-0.05, 0) is 37.6 Å². The van der Waals surface area contributed by atoms with Gasteiger partial charge in [0.05, 0.1) is 0 Å². The predicted molar refractivity (Wildman–Crippen MR) is 77.4 cm³/mol. The molecule has 17 heavy (non-hydrogen) atoms. The van der Waals surface area contributed by atoms with E-state index in [0.717, 1.165) is 6.04 Å². The van der Waals surface area contributed by atoms with Gasteiger partial charge in [-0.15, -0.1) is 0 Å². The van der Waals surface area contributed by atoms with Crippen molar-refractivity contribution >= 4 is 0 Å². The smallest absolute Gasteiger partial charge is 0.0121 e. The summed E-state index contributed by atoms with van der Waals surface area (Å²) in [5, 5.41) is 3.84. The molecular formula is C16H33N. The van der Waals surface area contributed by atoms with Crippen LogP contribution in [-0.4, -0.2) is 12.6 Å². The number of nitrogens with one attached hydrogen (secondary N) is 1. The van der Waals surface area contributed by atoms with E-state index < -0.39 is 0 Å². The van der Waals surface area contributed by atoms with Crippen molar-refractivity contribution < 1.29 is 0 Å². The molecule has 1 aliphatic carbocycles. The summed E-state index contributed by atoms with van der Waals surface area (Å²) in [6, 6.07) is 0.772. The Morgan fingerprint density at radius 1 is 1.00 bits per heavy atom. The lowest BCUT2D eigenvalue weighted by Gasteiger charge is -2.41. The number of rotatable bonds is 8. The Labute approximate surface area is 109 Å². The Morgan fingerprint density at radius 3 is 2.29 bits per heavy atom. The first-order valence-electron chi connectivity index (χ1n) is 7.96. The van der Waals surface area contributed by atoms with Gasteiger partial charge in [-0.2, -0.15) is 0 Å². The van der Waals surface area contributed by atoms with E-state index in [4.69, 9.17) is 0 Å². The average molecular weight is 239 g/mol. The van der Waals surface area contributed by atoms with Crippen molar-refractivity contribution in [3.05, 3.63) is 0 Å². The quantitative estimate of drug-likeness (QED) is 0.594. The van der Waals surface area contributed by atoms with Crippen molar-refractivity contribution in [3.63, 3.8) is 0 Å². The first-order valence-corrected chi connectivity index (χ1v) is 7.96. The van der Waals surface area contributed by atoms with Crippen molar-refractivity contribution in [1.82, 2.24) is 5.32 Å². The molecule has 0 heterocycles. The van der Waals surface area contributed by atoms with Crippen LogP contribution in [-0.2, 0) is 0 Å². The number of hydrogen-bond donors (Lipinski definition) is 1. The molecule has 0 bridgehead atoms. The lowest BCUT2D eigenvalue weighted by Crippen LogP contribution is -2.45. The van der Waals surface area contributed by atoms with E-state index in [0.29, 0.717) is 5.41 Å². The van der Waals surface area contributed by atoms with E-state index in [1.165, 1.54) is 70.8 Å². The third-order valence-corrected chi connectivity index (χ3v) is 4.57. The summed E-state index contributed by atoms with van der Waals surface area (Å²) in [7, 11) is 0. The maximum Gasteiger partial charge on any atom is 0.0121 e. The summed E-state index contributed by atoms with van der Waals surface area (Å²) >= 11 is 0. The van der Waals surface area contributed by atoms with Gasteiger partial charge in [0.2, 0.25) is 0 Å². The highest BCUT2D eigenvalue weighted by molar-refractivity contribution is 4.89. The van der Waals surface area contributed by atoms with Crippen LogP contribution in [0.3, 0.4) is 0 Å². The van der Waals surface area contributed by atoms with Gasteiger partial charge in [-0.25, -0.2) is 0 Å². The Morgan fingerprint density at radius 2 is 1.71 bits per heavy atom. The average Bonchev–Trinajstić information content (AvgIpc) is 2.34. The van der Waals surface area contributed by atoms with Crippen molar-refractivity contribution in [3.8, 4) is 0 Å². The monoisotopic (exact) mass is 239 g/mol. The molecule has 1 saturated carbocycles. The third kappa shape index (κ3) is 4.99. The highest BCUT2D eigenvalue weighted by Gasteiger charge is 2.34. The molecule has 1 fully saturated rings. The highest BCUT2D eigenvalue weighted by atomic mass is 14.9. The minimum atomic E-state index is 0.584. The van der Waals surface area contributed by atoms with E-state index in [1.807, 2.05) is 0 Å². The zero-order valence-corrected chi connectivity index (χ0v) is 12.4.